The molecule has 0 spiro atoms. The molecule has 2 heterocycles. The van der Waals surface area contributed by atoms with E-state index in [-0.39, 0.29) is 12.6 Å². The predicted molar refractivity (Wildman–Crippen MR) is 85.8 cm³/mol. The number of hydrogen-bond acceptors (Lipinski definition) is 6. The van der Waals surface area contributed by atoms with Gasteiger partial charge in [0.05, 0.1) is 13.7 Å². The van der Waals surface area contributed by atoms with E-state index < -0.39 is 0 Å². The Kier molecular flexibility index (Phi) is 6.06. The minimum atomic E-state index is -0.305. The van der Waals surface area contributed by atoms with Gasteiger partial charge in [0.1, 0.15) is 4.88 Å². The van der Waals surface area contributed by atoms with Gasteiger partial charge in [-0.15, -0.1) is 11.3 Å². The average molecular weight is 320 g/mol. The van der Waals surface area contributed by atoms with Crippen LogP contribution in [-0.4, -0.2) is 41.2 Å². The Bertz CT molecular complexity index is 613. The third kappa shape index (κ3) is 4.37. The number of aryl methyl sites for hydroxylation is 1. The molecule has 22 heavy (non-hydrogen) atoms. The summed E-state index contributed by atoms with van der Waals surface area (Å²) in [5.74, 6) is -0.305. The van der Waals surface area contributed by atoms with E-state index in [0.717, 1.165) is 16.0 Å². The number of ether oxygens (including phenoxy) is 1. The van der Waals surface area contributed by atoms with Crippen LogP contribution in [0.5, 0.6) is 0 Å². The highest BCUT2D eigenvalue weighted by atomic mass is 32.1. The largest absolute Gasteiger partial charge is 0.465 e. The molecule has 1 N–H and O–H groups in total. The summed E-state index contributed by atoms with van der Waals surface area (Å²) in [6.45, 7) is 4.03. The van der Waals surface area contributed by atoms with Gasteiger partial charge in [0, 0.05) is 36.9 Å². The van der Waals surface area contributed by atoms with Crippen LogP contribution in [0.1, 0.15) is 25.7 Å². The first-order valence-corrected chi connectivity index (χ1v) is 7.85. The number of esters is 1. The van der Waals surface area contributed by atoms with Crippen molar-refractivity contribution >= 4 is 17.3 Å². The first-order chi connectivity index (χ1) is 10.6. The lowest BCUT2D eigenvalue weighted by atomic mass is 10.2. The van der Waals surface area contributed by atoms with Gasteiger partial charge in [-0.05, 0) is 30.2 Å². The summed E-state index contributed by atoms with van der Waals surface area (Å²) in [5, 5.41) is 9.26. The fourth-order valence-electron chi connectivity index (χ4n) is 2.22. The number of aliphatic hydroxyl groups excluding tert-OH is 1. The van der Waals surface area contributed by atoms with E-state index in [9.17, 15) is 9.90 Å². The topological polar surface area (TPSA) is 62.7 Å². The zero-order chi connectivity index (χ0) is 15.9. The highest BCUT2D eigenvalue weighted by Crippen LogP contribution is 2.24. The Hall–Kier alpha value is -1.76. The second-order valence-corrected chi connectivity index (χ2v) is 6.24. The number of aliphatic hydroxyl groups is 1. The number of methoxy groups -OCH3 is 1. The van der Waals surface area contributed by atoms with Crippen molar-refractivity contribution in [2.45, 2.75) is 20.0 Å². The van der Waals surface area contributed by atoms with E-state index in [1.54, 1.807) is 6.20 Å². The Morgan fingerprint density at radius 2 is 2.27 bits per heavy atom. The SMILES string of the molecule is COC(=O)c1cc(CN(CCO)Cc2cccnc2)c(C)s1. The van der Waals surface area contributed by atoms with E-state index in [1.807, 2.05) is 31.3 Å². The number of aromatic nitrogens is 1. The van der Waals surface area contributed by atoms with Crippen LogP contribution in [0, 0.1) is 6.92 Å². The third-order valence-corrected chi connectivity index (χ3v) is 4.42. The van der Waals surface area contributed by atoms with Crippen LogP contribution in [0.3, 0.4) is 0 Å². The molecule has 0 saturated carbocycles. The molecule has 2 aromatic heterocycles. The van der Waals surface area contributed by atoms with Gasteiger partial charge in [0.15, 0.2) is 0 Å². The van der Waals surface area contributed by atoms with Crippen molar-refractivity contribution < 1.29 is 14.6 Å². The van der Waals surface area contributed by atoms with Crippen molar-refractivity contribution in [1.29, 1.82) is 0 Å². The molecule has 5 nitrogen and oxygen atoms in total. The quantitative estimate of drug-likeness (QED) is 0.793. The van der Waals surface area contributed by atoms with E-state index in [0.29, 0.717) is 24.5 Å². The van der Waals surface area contributed by atoms with Crippen LogP contribution in [-0.2, 0) is 17.8 Å². The lowest BCUT2D eigenvalue weighted by Crippen LogP contribution is -2.26. The summed E-state index contributed by atoms with van der Waals surface area (Å²) in [4.78, 5) is 19.6. The zero-order valence-electron chi connectivity index (χ0n) is 12.8. The highest BCUT2D eigenvalue weighted by molar-refractivity contribution is 7.14. The molecule has 118 valence electrons. The maximum Gasteiger partial charge on any atom is 0.348 e. The molecular weight excluding hydrogens is 300 g/mol. The molecule has 0 aromatic carbocycles. The number of pyridine rings is 1. The van der Waals surface area contributed by atoms with Gasteiger partial charge < -0.3 is 9.84 Å². The van der Waals surface area contributed by atoms with Crippen molar-refractivity contribution in [3.8, 4) is 0 Å². The Labute approximate surface area is 134 Å². The summed E-state index contributed by atoms with van der Waals surface area (Å²) in [7, 11) is 1.39. The fraction of sp³-hybridized carbons (Fsp3) is 0.375. The van der Waals surface area contributed by atoms with Crippen molar-refractivity contribution in [3.05, 3.63) is 51.5 Å². The summed E-state index contributed by atoms with van der Waals surface area (Å²) in [6.07, 6.45) is 3.57. The van der Waals surface area contributed by atoms with Crippen molar-refractivity contribution in [3.63, 3.8) is 0 Å². The Morgan fingerprint density at radius 1 is 1.45 bits per heavy atom. The second-order valence-electron chi connectivity index (χ2n) is 4.98. The van der Waals surface area contributed by atoms with E-state index in [2.05, 4.69) is 9.88 Å². The van der Waals surface area contributed by atoms with Gasteiger partial charge in [-0.3, -0.25) is 9.88 Å². The van der Waals surface area contributed by atoms with E-state index >= 15 is 0 Å². The maximum absolute atomic E-state index is 11.6. The van der Waals surface area contributed by atoms with Gasteiger partial charge in [-0.2, -0.15) is 0 Å². The standard InChI is InChI=1S/C16H20N2O3S/c1-12-14(8-15(22-12)16(20)21-2)11-18(6-7-19)10-13-4-3-5-17-9-13/h3-5,8-9,19H,6-7,10-11H2,1-2H3. The summed E-state index contributed by atoms with van der Waals surface area (Å²) < 4.78 is 4.76. The molecule has 2 aromatic rings. The molecule has 0 atom stereocenters. The highest BCUT2D eigenvalue weighted by Gasteiger charge is 2.15. The van der Waals surface area contributed by atoms with Gasteiger partial charge >= 0.3 is 5.97 Å². The van der Waals surface area contributed by atoms with Gasteiger partial charge in [-0.25, -0.2) is 4.79 Å². The monoisotopic (exact) mass is 320 g/mol. The number of carbonyl (C=O) groups is 1. The molecule has 0 saturated heterocycles. The van der Waals surface area contributed by atoms with Gasteiger partial charge in [-0.1, -0.05) is 6.07 Å². The molecule has 0 amide bonds. The molecule has 0 unspecified atom stereocenters. The number of carbonyl (C=O) groups excluding carboxylic acids is 1. The predicted octanol–water partition coefficient (Wildman–Crippen LogP) is 2.23. The normalized spacial score (nSPS) is 10.9. The fourth-order valence-corrected chi connectivity index (χ4v) is 3.18. The molecule has 0 radical (unpaired) electrons. The minimum absolute atomic E-state index is 0.0906. The molecule has 2 rings (SSSR count). The van der Waals surface area contributed by atoms with Crippen molar-refractivity contribution in [1.82, 2.24) is 9.88 Å². The van der Waals surface area contributed by atoms with E-state index in [4.69, 9.17) is 4.74 Å². The minimum Gasteiger partial charge on any atom is -0.465 e. The first kappa shape index (κ1) is 16.6. The lowest BCUT2D eigenvalue weighted by molar-refractivity contribution is 0.0606. The van der Waals surface area contributed by atoms with Gasteiger partial charge in [0.2, 0.25) is 0 Å². The molecule has 0 aliphatic heterocycles. The maximum atomic E-state index is 11.6. The van der Waals surface area contributed by atoms with Crippen LogP contribution in [0.25, 0.3) is 0 Å². The molecular formula is C16H20N2O3S. The smallest absolute Gasteiger partial charge is 0.348 e. The second kappa shape index (κ2) is 8.03. The zero-order valence-corrected chi connectivity index (χ0v) is 13.6. The Balaban J connectivity index is 2.10. The Morgan fingerprint density at radius 3 is 2.91 bits per heavy atom. The van der Waals surface area contributed by atoms with Crippen LogP contribution < -0.4 is 0 Å². The first-order valence-electron chi connectivity index (χ1n) is 7.03. The molecule has 0 aliphatic rings. The molecule has 0 fully saturated rings. The van der Waals surface area contributed by atoms with Crippen LogP contribution >= 0.6 is 11.3 Å². The molecule has 0 bridgehead atoms. The summed E-state index contributed by atoms with van der Waals surface area (Å²) in [5.41, 5.74) is 2.18. The number of hydrogen-bond donors (Lipinski definition) is 1. The molecule has 0 aliphatic carbocycles. The van der Waals surface area contributed by atoms with Crippen LogP contribution in [0.15, 0.2) is 30.6 Å². The van der Waals surface area contributed by atoms with Crippen LogP contribution in [0.4, 0.5) is 0 Å². The number of rotatable bonds is 7. The van der Waals surface area contributed by atoms with Crippen LogP contribution in [0.2, 0.25) is 0 Å². The van der Waals surface area contributed by atoms with Crippen molar-refractivity contribution in [2.24, 2.45) is 0 Å². The number of thiophene rings is 1. The number of nitrogens with zero attached hydrogens (tertiary/aromatic N) is 2. The average Bonchev–Trinajstić information content (AvgIpc) is 2.89. The molecule has 6 heteroatoms. The summed E-state index contributed by atoms with van der Waals surface area (Å²) in [6, 6.07) is 5.79. The lowest BCUT2D eigenvalue weighted by Gasteiger charge is -2.21. The van der Waals surface area contributed by atoms with Gasteiger partial charge in [0.25, 0.3) is 0 Å². The van der Waals surface area contributed by atoms with E-state index in [1.165, 1.54) is 18.4 Å². The van der Waals surface area contributed by atoms with Crippen molar-refractivity contribution in [2.75, 3.05) is 20.3 Å². The third-order valence-electron chi connectivity index (χ3n) is 3.35. The summed E-state index contributed by atoms with van der Waals surface area (Å²) >= 11 is 1.44.